The van der Waals surface area contributed by atoms with Gasteiger partial charge in [0.1, 0.15) is 0 Å². The van der Waals surface area contributed by atoms with Crippen LogP contribution in [0.2, 0.25) is 0 Å². The molecule has 5 rings (SSSR count). The summed E-state index contributed by atoms with van der Waals surface area (Å²) in [7, 11) is 0. The minimum atomic E-state index is 1.05. The number of fused-ring (bicyclic) bond motifs is 2. The van der Waals surface area contributed by atoms with Gasteiger partial charge in [-0.25, -0.2) is 0 Å². The van der Waals surface area contributed by atoms with E-state index in [1.165, 1.54) is 50.6 Å². The van der Waals surface area contributed by atoms with Gasteiger partial charge >= 0.3 is 0 Å². The summed E-state index contributed by atoms with van der Waals surface area (Å²) in [5.41, 5.74) is 8.77. The van der Waals surface area contributed by atoms with Crippen molar-refractivity contribution in [2.24, 2.45) is 0 Å². The molecule has 0 unspecified atom stereocenters. The minimum absolute atomic E-state index is 1.05. The Balaban J connectivity index is 1.29. The molecule has 0 aliphatic carbocycles. The summed E-state index contributed by atoms with van der Waals surface area (Å²) in [4.78, 5) is 7.93. The first-order valence-electron chi connectivity index (χ1n) is 12.9. The van der Waals surface area contributed by atoms with Gasteiger partial charge < -0.3 is 4.90 Å². The van der Waals surface area contributed by atoms with Crippen LogP contribution >= 0.6 is 11.8 Å². The molecule has 0 saturated carbocycles. The minimum Gasteiger partial charge on any atom is -0.372 e. The van der Waals surface area contributed by atoms with Crippen molar-refractivity contribution in [3.63, 3.8) is 0 Å². The molecule has 0 bridgehead atoms. The molecule has 3 aromatic rings. The number of piperidine rings is 1. The highest BCUT2D eigenvalue weighted by Gasteiger charge is 2.25. The molecule has 176 valence electrons. The Morgan fingerprint density at radius 3 is 1.85 bits per heavy atom. The van der Waals surface area contributed by atoms with Crippen LogP contribution in [0.3, 0.4) is 0 Å². The molecule has 2 aliphatic rings. The first kappa shape index (κ1) is 23.3. The largest absolute Gasteiger partial charge is 0.372 e. The Morgan fingerprint density at radius 2 is 1.29 bits per heavy atom. The number of benzene rings is 3. The van der Waals surface area contributed by atoms with Crippen molar-refractivity contribution in [1.29, 1.82) is 0 Å². The lowest BCUT2D eigenvalue weighted by Crippen LogP contribution is -2.30. The zero-order chi connectivity index (χ0) is 23.3. The van der Waals surface area contributed by atoms with Crippen LogP contribution in [-0.2, 0) is 6.54 Å². The molecule has 0 aromatic heterocycles. The summed E-state index contributed by atoms with van der Waals surface area (Å²) in [6.45, 7) is 10.1. The fourth-order valence-electron chi connectivity index (χ4n) is 5.38. The van der Waals surface area contributed by atoms with E-state index in [9.17, 15) is 0 Å². The van der Waals surface area contributed by atoms with Crippen molar-refractivity contribution >= 4 is 23.0 Å². The van der Waals surface area contributed by atoms with Gasteiger partial charge in [0.05, 0.1) is 0 Å². The predicted octanol–water partition coefficient (Wildman–Crippen LogP) is 7.88. The molecular formula is C31H36N2S. The van der Waals surface area contributed by atoms with Gasteiger partial charge in [-0.05, 0) is 72.2 Å². The van der Waals surface area contributed by atoms with E-state index in [0.717, 1.165) is 45.6 Å². The van der Waals surface area contributed by atoms with Crippen molar-refractivity contribution in [1.82, 2.24) is 4.90 Å². The lowest BCUT2D eigenvalue weighted by atomic mass is 9.88. The quantitative estimate of drug-likeness (QED) is 0.272. The standard InChI is InChI=1S/C31H36N2S/c1-3-19-33(20-4-2)26-15-13-24(14-16-26)23-32-21-17-25(18-22-32)31-27-9-5-7-11-29(27)34-30-12-8-6-10-28(30)31/h5-16H,3-4,17-23H2,1-2H3. The number of hydrogen-bond donors (Lipinski definition) is 0. The van der Waals surface area contributed by atoms with Crippen LogP contribution in [0.25, 0.3) is 5.57 Å². The van der Waals surface area contributed by atoms with E-state index >= 15 is 0 Å². The van der Waals surface area contributed by atoms with E-state index < -0.39 is 0 Å². The molecule has 2 heterocycles. The molecule has 3 aromatic carbocycles. The monoisotopic (exact) mass is 468 g/mol. The van der Waals surface area contributed by atoms with Crippen LogP contribution in [0.5, 0.6) is 0 Å². The first-order chi connectivity index (χ1) is 16.8. The summed E-state index contributed by atoms with van der Waals surface area (Å²) in [6, 6.07) is 27.2. The lowest BCUT2D eigenvalue weighted by Gasteiger charge is -2.32. The number of rotatable bonds is 7. The van der Waals surface area contributed by atoms with Crippen molar-refractivity contribution in [2.75, 3.05) is 31.1 Å². The van der Waals surface area contributed by atoms with Crippen LogP contribution in [0, 0.1) is 0 Å². The number of anilines is 1. The number of likely N-dealkylation sites (tertiary alicyclic amines) is 1. The second-order valence-electron chi connectivity index (χ2n) is 9.50. The summed E-state index contributed by atoms with van der Waals surface area (Å²) in [6.07, 6.45) is 4.70. The van der Waals surface area contributed by atoms with Crippen molar-refractivity contribution in [3.05, 3.63) is 95.1 Å². The molecule has 0 amide bonds. The summed E-state index contributed by atoms with van der Waals surface area (Å²) >= 11 is 1.91. The van der Waals surface area contributed by atoms with E-state index in [2.05, 4.69) is 96.4 Å². The Labute approximate surface area is 209 Å². The lowest BCUT2D eigenvalue weighted by molar-refractivity contribution is 0.248. The Morgan fingerprint density at radius 1 is 0.735 bits per heavy atom. The van der Waals surface area contributed by atoms with E-state index in [0.29, 0.717) is 0 Å². The number of nitrogens with zero attached hydrogens (tertiary/aromatic N) is 2. The smallest absolute Gasteiger partial charge is 0.0366 e. The van der Waals surface area contributed by atoms with Gasteiger partial charge in [-0.2, -0.15) is 0 Å². The van der Waals surface area contributed by atoms with Gasteiger partial charge in [0.2, 0.25) is 0 Å². The van der Waals surface area contributed by atoms with Crippen molar-refractivity contribution < 1.29 is 0 Å². The van der Waals surface area contributed by atoms with Gasteiger partial charge in [-0.15, -0.1) is 0 Å². The third-order valence-corrected chi connectivity index (χ3v) is 8.19. The topological polar surface area (TPSA) is 6.48 Å². The Kier molecular flexibility index (Phi) is 7.42. The Bertz CT molecular complexity index is 1080. The maximum absolute atomic E-state index is 2.63. The van der Waals surface area contributed by atoms with Crippen LogP contribution in [0.1, 0.15) is 56.2 Å². The summed E-state index contributed by atoms with van der Waals surface area (Å²) < 4.78 is 0. The average Bonchev–Trinajstić information content (AvgIpc) is 2.88. The first-order valence-corrected chi connectivity index (χ1v) is 13.7. The van der Waals surface area contributed by atoms with Crippen LogP contribution in [-0.4, -0.2) is 31.1 Å². The third-order valence-electron chi connectivity index (χ3n) is 7.04. The highest BCUT2D eigenvalue weighted by molar-refractivity contribution is 7.99. The SMILES string of the molecule is CCCN(CCC)c1ccc(CN2CCC(=C3c4ccccc4Sc4ccccc43)CC2)cc1. The van der Waals surface area contributed by atoms with Gasteiger partial charge in [0.25, 0.3) is 0 Å². The van der Waals surface area contributed by atoms with Crippen molar-refractivity contribution in [2.45, 2.75) is 55.9 Å². The van der Waals surface area contributed by atoms with Crippen LogP contribution in [0.4, 0.5) is 5.69 Å². The molecule has 0 radical (unpaired) electrons. The summed E-state index contributed by atoms with van der Waals surface area (Å²) in [5, 5.41) is 0. The zero-order valence-electron chi connectivity index (χ0n) is 20.6. The van der Waals surface area contributed by atoms with E-state index in [-0.39, 0.29) is 0 Å². The van der Waals surface area contributed by atoms with E-state index in [1.807, 2.05) is 11.8 Å². The number of hydrogen-bond acceptors (Lipinski definition) is 3. The molecule has 34 heavy (non-hydrogen) atoms. The van der Waals surface area contributed by atoms with Gasteiger partial charge in [-0.1, -0.05) is 79.7 Å². The van der Waals surface area contributed by atoms with E-state index in [1.54, 1.807) is 5.57 Å². The van der Waals surface area contributed by atoms with Crippen LogP contribution < -0.4 is 4.90 Å². The molecule has 1 fully saturated rings. The normalized spacial score (nSPS) is 15.7. The predicted molar refractivity (Wildman–Crippen MR) is 147 cm³/mol. The molecule has 2 aliphatic heterocycles. The summed E-state index contributed by atoms with van der Waals surface area (Å²) in [5.74, 6) is 0. The highest BCUT2D eigenvalue weighted by Crippen LogP contribution is 2.47. The molecule has 0 spiro atoms. The maximum Gasteiger partial charge on any atom is 0.0366 e. The fourth-order valence-corrected chi connectivity index (χ4v) is 6.47. The van der Waals surface area contributed by atoms with Gasteiger partial charge in [0.15, 0.2) is 0 Å². The molecule has 0 N–H and O–H groups in total. The molecule has 2 nitrogen and oxygen atoms in total. The second-order valence-corrected chi connectivity index (χ2v) is 10.6. The highest BCUT2D eigenvalue weighted by atomic mass is 32.2. The van der Waals surface area contributed by atoms with Gasteiger partial charge in [0, 0.05) is 48.2 Å². The fraction of sp³-hybridized carbons (Fsp3) is 0.355. The molecule has 1 saturated heterocycles. The van der Waals surface area contributed by atoms with Crippen molar-refractivity contribution in [3.8, 4) is 0 Å². The Hall–Kier alpha value is -2.49. The zero-order valence-corrected chi connectivity index (χ0v) is 21.4. The van der Waals surface area contributed by atoms with Crippen LogP contribution in [0.15, 0.2) is 88.2 Å². The molecular weight excluding hydrogens is 432 g/mol. The third kappa shape index (κ3) is 4.96. The average molecular weight is 469 g/mol. The second kappa shape index (κ2) is 10.8. The molecule has 3 heteroatoms. The van der Waals surface area contributed by atoms with E-state index in [4.69, 9.17) is 0 Å². The van der Waals surface area contributed by atoms with Gasteiger partial charge in [-0.3, -0.25) is 4.90 Å². The molecule has 0 atom stereocenters. The maximum atomic E-state index is 2.63.